The molecule has 1 aromatic rings. The second-order valence-corrected chi connectivity index (χ2v) is 7.20. The van der Waals surface area contributed by atoms with Gasteiger partial charge in [0.25, 0.3) is 0 Å². The van der Waals surface area contributed by atoms with E-state index in [1.54, 1.807) is 13.8 Å². The minimum absolute atomic E-state index is 0.140. The number of carboxylic acids is 1. The van der Waals surface area contributed by atoms with Crippen LogP contribution in [0.4, 0.5) is 0 Å². The maximum absolute atomic E-state index is 12.4. The van der Waals surface area contributed by atoms with E-state index in [2.05, 4.69) is 4.72 Å². The van der Waals surface area contributed by atoms with Crippen LogP contribution in [-0.4, -0.2) is 36.7 Å². The van der Waals surface area contributed by atoms with Crippen LogP contribution >= 0.6 is 0 Å². The molecule has 0 aliphatic carbocycles. The fraction of sp³-hybridized carbons (Fsp3) is 0.500. The van der Waals surface area contributed by atoms with Crippen molar-refractivity contribution in [1.82, 2.24) is 4.72 Å². The number of carbonyl (C=O) groups is 1. The Bertz CT molecular complexity index is 651. The predicted octanol–water partition coefficient (Wildman–Crippen LogP) is 1.03. The molecular formula is C14H21NO5S. The molecule has 7 heteroatoms. The molecule has 6 nitrogen and oxygen atoms in total. The van der Waals surface area contributed by atoms with Gasteiger partial charge >= 0.3 is 5.97 Å². The van der Waals surface area contributed by atoms with Gasteiger partial charge in [0.05, 0.1) is 11.4 Å². The summed E-state index contributed by atoms with van der Waals surface area (Å²) in [6.07, 6.45) is 0. The molecule has 0 amide bonds. The van der Waals surface area contributed by atoms with Gasteiger partial charge in [0, 0.05) is 0 Å². The number of hydrogen-bond acceptors (Lipinski definition) is 4. The van der Waals surface area contributed by atoms with Gasteiger partial charge < -0.3 is 10.2 Å². The maximum atomic E-state index is 12.4. The maximum Gasteiger partial charge on any atom is 0.336 e. The van der Waals surface area contributed by atoms with Crippen molar-refractivity contribution in [3.05, 3.63) is 28.3 Å². The number of benzene rings is 1. The lowest BCUT2D eigenvalue weighted by atomic mass is 10.0. The molecule has 0 spiro atoms. The topological polar surface area (TPSA) is 104 Å². The van der Waals surface area contributed by atoms with E-state index < -0.39 is 28.1 Å². The zero-order valence-electron chi connectivity index (χ0n) is 12.8. The number of nitrogens with one attached hydrogen (secondary N) is 1. The van der Waals surface area contributed by atoms with Crippen LogP contribution in [0.2, 0.25) is 0 Å². The highest BCUT2D eigenvalue weighted by Crippen LogP contribution is 2.26. The minimum Gasteiger partial charge on any atom is -0.479 e. The second kappa shape index (κ2) is 5.75. The quantitative estimate of drug-likeness (QED) is 0.753. The zero-order chi connectivity index (χ0) is 16.6. The summed E-state index contributed by atoms with van der Waals surface area (Å²) >= 11 is 0. The van der Waals surface area contributed by atoms with E-state index in [9.17, 15) is 18.3 Å². The molecule has 0 heterocycles. The molecule has 0 aromatic heterocycles. The number of hydrogen-bond donors (Lipinski definition) is 3. The molecule has 21 heavy (non-hydrogen) atoms. The Labute approximate surface area is 124 Å². The van der Waals surface area contributed by atoms with Crippen molar-refractivity contribution in [2.45, 2.75) is 45.1 Å². The lowest BCUT2D eigenvalue weighted by molar-refractivity contribution is -0.155. The number of aliphatic hydroxyl groups is 1. The average molecular weight is 315 g/mol. The summed E-state index contributed by atoms with van der Waals surface area (Å²) in [7, 11) is -3.91. The molecule has 118 valence electrons. The van der Waals surface area contributed by atoms with Gasteiger partial charge in [0.1, 0.15) is 0 Å². The second-order valence-electron chi connectivity index (χ2n) is 5.49. The van der Waals surface area contributed by atoms with Crippen molar-refractivity contribution in [2.75, 3.05) is 6.54 Å². The molecule has 0 fully saturated rings. The van der Waals surface area contributed by atoms with Crippen LogP contribution in [0.15, 0.2) is 11.0 Å². The SMILES string of the molecule is Cc1cc(C)c(C)c(S(=O)(=O)NCC(C)(O)C(=O)O)c1C. The van der Waals surface area contributed by atoms with Crippen LogP contribution in [0, 0.1) is 27.7 Å². The molecule has 0 aliphatic rings. The van der Waals surface area contributed by atoms with Gasteiger partial charge in [0.2, 0.25) is 10.0 Å². The predicted molar refractivity (Wildman–Crippen MR) is 78.8 cm³/mol. The smallest absolute Gasteiger partial charge is 0.336 e. The van der Waals surface area contributed by atoms with E-state index in [4.69, 9.17) is 5.11 Å². The monoisotopic (exact) mass is 315 g/mol. The van der Waals surface area contributed by atoms with Crippen LogP contribution in [-0.2, 0) is 14.8 Å². The van der Waals surface area contributed by atoms with E-state index in [0.29, 0.717) is 11.1 Å². The number of aliphatic carboxylic acids is 1. The standard InChI is InChI=1S/C14H21NO5S/c1-8-6-9(2)11(4)12(10(8)3)21(19,20)15-7-14(5,18)13(16)17/h6,15,18H,7H2,1-5H3,(H,16,17). The molecule has 3 N–H and O–H groups in total. The first kappa shape index (κ1) is 17.6. The van der Waals surface area contributed by atoms with E-state index in [1.165, 1.54) is 0 Å². The van der Waals surface area contributed by atoms with Crippen LogP contribution < -0.4 is 4.72 Å². The Morgan fingerprint density at radius 2 is 1.62 bits per heavy atom. The highest BCUT2D eigenvalue weighted by atomic mass is 32.2. The Morgan fingerprint density at radius 3 is 2.00 bits per heavy atom. The summed E-state index contributed by atoms with van der Waals surface area (Å²) in [5, 5.41) is 18.4. The highest BCUT2D eigenvalue weighted by Gasteiger charge is 2.32. The van der Waals surface area contributed by atoms with Gasteiger partial charge in [-0.2, -0.15) is 0 Å². The van der Waals surface area contributed by atoms with Crippen molar-refractivity contribution in [3.8, 4) is 0 Å². The number of aryl methyl sites for hydroxylation is 2. The molecule has 0 bridgehead atoms. The molecule has 1 atom stereocenters. The van der Waals surface area contributed by atoms with Crippen LogP contribution in [0.25, 0.3) is 0 Å². The van der Waals surface area contributed by atoms with E-state index >= 15 is 0 Å². The fourth-order valence-corrected chi connectivity index (χ4v) is 3.71. The molecule has 0 saturated carbocycles. The first-order valence-corrected chi connectivity index (χ1v) is 7.91. The number of rotatable bonds is 5. The first-order chi connectivity index (χ1) is 9.40. The number of carboxylic acid groups (broad SMARTS) is 1. The summed E-state index contributed by atoms with van der Waals surface area (Å²) in [4.78, 5) is 11.0. The van der Waals surface area contributed by atoms with E-state index in [1.807, 2.05) is 19.9 Å². The third kappa shape index (κ3) is 3.61. The average Bonchev–Trinajstić information content (AvgIpc) is 2.34. The van der Waals surface area contributed by atoms with Gasteiger partial charge in [0.15, 0.2) is 5.60 Å². The summed E-state index contributed by atoms with van der Waals surface area (Å²) in [5.74, 6) is -1.49. The van der Waals surface area contributed by atoms with Crippen molar-refractivity contribution >= 4 is 16.0 Å². The summed E-state index contributed by atoms with van der Waals surface area (Å²) < 4.78 is 27.0. The molecule has 1 unspecified atom stereocenters. The van der Waals surface area contributed by atoms with Gasteiger partial charge in [-0.05, 0) is 56.9 Å². The fourth-order valence-electron chi connectivity index (χ4n) is 1.97. The zero-order valence-corrected chi connectivity index (χ0v) is 13.6. The normalized spacial score (nSPS) is 14.8. The molecule has 0 radical (unpaired) electrons. The summed E-state index contributed by atoms with van der Waals surface area (Å²) in [6.45, 7) is 7.47. The van der Waals surface area contributed by atoms with Gasteiger partial charge in [-0.3, -0.25) is 0 Å². The lowest BCUT2D eigenvalue weighted by Crippen LogP contribution is -2.46. The number of sulfonamides is 1. The Kier molecular flexibility index (Phi) is 4.82. The van der Waals surface area contributed by atoms with Crippen molar-refractivity contribution in [1.29, 1.82) is 0 Å². The third-order valence-electron chi connectivity index (χ3n) is 3.63. The molecule has 1 rings (SSSR count). The largest absolute Gasteiger partial charge is 0.479 e. The molecular weight excluding hydrogens is 294 g/mol. The summed E-state index contributed by atoms with van der Waals surface area (Å²) in [5.41, 5.74) is 0.737. The van der Waals surface area contributed by atoms with Crippen LogP contribution in [0.1, 0.15) is 29.2 Å². The molecule has 1 aromatic carbocycles. The highest BCUT2D eigenvalue weighted by molar-refractivity contribution is 7.89. The Morgan fingerprint density at radius 1 is 1.19 bits per heavy atom. The third-order valence-corrected chi connectivity index (χ3v) is 5.31. The lowest BCUT2D eigenvalue weighted by Gasteiger charge is -2.20. The summed E-state index contributed by atoms with van der Waals surface area (Å²) in [6, 6.07) is 1.90. The van der Waals surface area contributed by atoms with Crippen LogP contribution in [0.5, 0.6) is 0 Å². The minimum atomic E-state index is -3.91. The van der Waals surface area contributed by atoms with Gasteiger partial charge in [-0.1, -0.05) is 6.07 Å². The Balaban J connectivity index is 3.25. The van der Waals surface area contributed by atoms with Crippen molar-refractivity contribution in [2.24, 2.45) is 0 Å². The van der Waals surface area contributed by atoms with E-state index in [-0.39, 0.29) is 4.90 Å². The van der Waals surface area contributed by atoms with Crippen LogP contribution in [0.3, 0.4) is 0 Å². The van der Waals surface area contributed by atoms with Gasteiger partial charge in [-0.15, -0.1) is 0 Å². The van der Waals surface area contributed by atoms with E-state index in [0.717, 1.165) is 18.1 Å². The first-order valence-electron chi connectivity index (χ1n) is 6.43. The molecule has 0 aliphatic heterocycles. The van der Waals surface area contributed by atoms with Crippen molar-refractivity contribution in [3.63, 3.8) is 0 Å². The molecule has 0 saturated heterocycles. The Hall–Kier alpha value is -1.44. The van der Waals surface area contributed by atoms with Crippen molar-refractivity contribution < 1.29 is 23.4 Å². The van der Waals surface area contributed by atoms with Gasteiger partial charge in [-0.25, -0.2) is 17.9 Å².